The molecule has 96 valence electrons. The van der Waals surface area contributed by atoms with Crippen molar-refractivity contribution in [2.45, 2.75) is 12.1 Å². The number of amides is 2. The molecule has 0 unspecified atom stereocenters. The van der Waals surface area contributed by atoms with Gasteiger partial charge in [-0.1, -0.05) is 30.3 Å². The summed E-state index contributed by atoms with van der Waals surface area (Å²) < 4.78 is 5.38. The van der Waals surface area contributed by atoms with Crippen molar-refractivity contribution in [2.24, 2.45) is 0 Å². The molecule has 1 fully saturated rings. The van der Waals surface area contributed by atoms with Crippen molar-refractivity contribution in [3.8, 4) is 0 Å². The van der Waals surface area contributed by atoms with Gasteiger partial charge in [0.05, 0.1) is 6.04 Å². The summed E-state index contributed by atoms with van der Waals surface area (Å²) in [5, 5.41) is 2.57. The molecule has 5 nitrogen and oxygen atoms in total. The Morgan fingerprint density at radius 2 is 2.06 bits per heavy atom. The largest absolute Gasteiger partial charge is 0.357 e. The van der Waals surface area contributed by atoms with E-state index in [1.807, 2.05) is 30.3 Å². The van der Waals surface area contributed by atoms with E-state index in [2.05, 4.69) is 5.32 Å². The highest BCUT2D eigenvalue weighted by molar-refractivity contribution is 5.86. The minimum absolute atomic E-state index is 0.0576. The molecule has 0 spiro atoms. The van der Waals surface area contributed by atoms with Crippen LogP contribution >= 0.6 is 0 Å². The van der Waals surface area contributed by atoms with Gasteiger partial charge in [-0.15, -0.1) is 0 Å². The average Bonchev–Trinajstić information content (AvgIpc) is 2.41. The van der Waals surface area contributed by atoms with E-state index in [1.54, 1.807) is 19.0 Å². The van der Waals surface area contributed by atoms with Crippen molar-refractivity contribution in [2.75, 3.05) is 20.7 Å². The molecule has 0 aromatic heterocycles. The summed E-state index contributed by atoms with van der Waals surface area (Å²) in [6.07, 6.45) is -0.667. The van der Waals surface area contributed by atoms with Gasteiger partial charge >= 0.3 is 0 Å². The number of likely N-dealkylation sites (N-methyl/N-ethyl adjacent to an activating group) is 2. The molecular formula is C13H16N2O3. The van der Waals surface area contributed by atoms with E-state index in [9.17, 15) is 9.59 Å². The normalized spacial score (nSPS) is 23.9. The van der Waals surface area contributed by atoms with Crippen LogP contribution in [-0.4, -0.2) is 43.5 Å². The van der Waals surface area contributed by atoms with Crippen LogP contribution in [0.1, 0.15) is 11.6 Å². The number of morpholine rings is 1. The molecule has 1 aromatic carbocycles. The van der Waals surface area contributed by atoms with Gasteiger partial charge in [-0.25, -0.2) is 0 Å². The molecule has 2 atom stereocenters. The zero-order chi connectivity index (χ0) is 13.1. The summed E-state index contributed by atoms with van der Waals surface area (Å²) in [4.78, 5) is 25.1. The Morgan fingerprint density at radius 3 is 2.67 bits per heavy atom. The Kier molecular flexibility index (Phi) is 3.62. The number of nitrogens with zero attached hydrogens (tertiary/aromatic N) is 1. The number of ether oxygens (including phenoxy) is 1. The lowest BCUT2D eigenvalue weighted by atomic mass is 9.98. The molecule has 2 rings (SSSR count). The lowest BCUT2D eigenvalue weighted by Gasteiger charge is -2.38. The van der Waals surface area contributed by atoms with Crippen molar-refractivity contribution in [3.63, 3.8) is 0 Å². The Hall–Kier alpha value is -1.88. The summed E-state index contributed by atoms with van der Waals surface area (Å²) in [6.45, 7) is -0.0576. The van der Waals surface area contributed by atoms with E-state index in [1.165, 1.54) is 0 Å². The SMILES string of the molecule is CNC(=O)[C@H]1OCC(=O)N(C)[C@@H]1c1ccccc1. The second-order valence-corrected chi connectivity index (χ2v) is 4.21. The zero-order valence-corrected chi connectivity index (χ0v) is 10.4. The Labute approximate surface area is 106 Å². The Bertz CT molecular complexity index is 447. The van der Waals surface area contributed by atoms with Gasteiger partial charge < -0.3 is 15.0 Å². The third kappa shape index (κ3) is 2.22. The van der Waals surface area contributed by atoms with Crippen LogP contribution in [0.15, 0.2) is 30.3 Å². The van der Waals surface area contributed by atoms with Crippen LogP contribution in [0, 0.1) is 0 Å². The highest BCUT2D eigenvalue weighted by atomic mass is 16.5. The quantitative estimate of drug-likeness (QED) is 0.820. The third-order valence-electron chi connectivity index (χ3n) is 3.13. The van der Waals surface area contributed by atoms with E-state index < -0.39 is 6.10 Å². The molecular weight excluding hydrogens is 232 g/mol. The van der Waals surface area contributed by atoms with Gasteiger partial charge in [0, 0.05) is 14.1 Å². The Morgan fingerprint density at radius 1 is 1.39 bits per heavy atom. The minimum atomic E-state index is -0.667. The van der Waals surface area contributed by atoms with Gasteiger partial charge in [0.1, 0.15) is 6.61 Å². The molecule has 1 aliphatic rings. The fourth-order valence-corrected chi connectivity index (χ4v) is 2.12. The van der Waals surface area contributed by atoms with Crippen molar-refractivity contribution >= 4 is 11.8 Å². The zero-order valence-electron chi connectivity index (χ0n) is 10.4. The van der Waals surface area contributed by atoms with Crippen LogP contribution in [0.3, 0.4) is 0 Å². The molecule has 1 aromatic rings. The number of carbonyl (C=O) groups excluding carboxylic acids is 2. The van der Waals surface area contributed by atoms with Crippen LogP contribution in [-0.2, 0) is 14.3 Å². The highest BCUT2D eigenvalue weighted by Crippen LogP contribution is 2.28. The molecule has 18 heavy (non-hydrogen) atoms. The monoisotopic (exact) mass is 248 g/mol. The number of hydrogen-bond acceptors (Lipinski definition) is 3. The van der Waals surface area contributed by atoms with Crippen molar-refractivity contribution in [1.82, 2.24) is 10.2 Å². The molecule has 1 saturated heterocycles. The van der Waals surface area contributed by atoms with E-state index in [0.717, 1.165) is 5.56 Å². The van der Waals surface area contributed by atoms with E-state index in [0.29, 0.717) is 0 Å². The van der Waals surface area contributed by atoms with Gasteiger partial charge in [-0.05, 0) is 5.56 Å². The van der Waals surface area contributed by atoms with Crippen molar-refractivity contribution in [3.05, 3.63) is 35.9 Å². The maximum atomic E-state index is 11.8. The lowest BCUT2D eigenvalue weighted by molar-refractivity contribution is -0.161. The van der Waals surface area contributed by atoms with Crippen molar-refractivity contribution < 1.29 is 14.3 Å². The van der Waals surface area contributed by atoms with E-state index in [4.69, 9.17) is 4.74 Å². The Balaban J connectivity index is 2.35. The highest BCUT2D eigenvalue weighted by Gasteiger charge is 2.39. The maximum Gasteiger partial charge on any atom is 0.251 e. The smallest absolute Gasteiger partial charge is 0.251 e. The first-order valence-corrected chi connectivity index (χ1v) is 5.79. The molecule has 5 heteroatoms. The topological polar surface area (TPSA) is 58.6 Å². The third-order valence-corrected chi connectivity index (χ3v) is 3.13. The summed E-state index contributed by atoms with van der Waals surface area (Å²) in [5.74, 6) is -0.341. The van der Waals surface area contributed by atoms with E-state index in [-0.39, 0.29) is 24.5 Å². The standard InChI is InChI=1S/C13H16N2O3/c1-14-13(17)12-11(9-6-4-3-5-7-9)15(2)10(16)8-18-12/h3-7,11-12H,8H2,1-2H3,(H,14,17)/t11-,12+/m1/s1. The first kappa shape index (κ1) is 12.6. The summed E-state index contributed by atoms with van der Waals surface area (Å²) in [7, 11) is 3.25. The van der Waals surface area contributed by atoms with Crippen LogP contribution < -0.4 is 5.32 Å². The number of benzene rings is 1. The van der Waals surface area contributed by atoms with Crippen LogP contribution in [0.2, 0.25) is 0 Å². The molecule has 1 heterocycles. The average molecular weight is 248 g/mol. The molecule has 1 N–H and O–H groups in total. The van der Waals surface area contributed by atoms with E-state index >= 15 is 0 Å². The second-order valence-electron chi connectivity index (χ2n) is 4.21. The summed E-state index contributed by atoms with van der Waals surface area (Å²) in [6, 6.07) is 9.04. The summed E-state index contributed by atoms with van der Waals surface area (Å²) in [5.41, 5.74) is 0.890. The molecule has 2 amide bonds. The predicted molar refractivity (Wildman–Crippen MR) is 65.8 cm³/mol. The van der Waals surface area contributed by atoms with Crippen LogP contribution in [0.5, 0.6) is 0 Å². The number of rotatable bonds is 2. The fourth-order valence-electron chi connectivity index (χ4n) is 2.12. The fraction of sp³-hybridized carbons (Fsp3) is 0.385. The second kappa shape index (κ2) is 5.18. The summed E-state index contributed by atoms with van der Waals surface area (Å²) >= 11 is 0. The van der Waals surface area contributed by atoms with Crippen molar-refractivity contribution in [1.29, 1.82) is 0 Å². The van der Waals surface area contributed by atoms with Gasteiger partial charge in [-0.3, -0.25) is 9.59 Å². The minimum Gasteiger partial charge on any atom is -0.357 e. The predicted octanol–water partition coefficient (Wildman–Crippen LogP) is 0.331. The number of carbonyl (C=O) groups is 2. The molecule has 0 bridgehead atoms. The van der Waals surface area contributed by atoms with Crippen LogP contribution in [0.4, 0.5) is 0 Å². The lowest BCUT2D eigenvalue weighted by Crippen LogP contribution is -2.52. The van der Waals surface area contributed by atoms with Gasteiger partial charge in [0.25, 0.3) is 5.91 Å². The molecule has 0 aliphatic carbocycles. The van der Waals surface area contributed by atoms with Gasteiger partial charge in [-0.2, -0.15) is 0 Å². The number of hydrogen-bond donors (Lipinski definition) is 1. The molecule has 1 aliphatic heterocycles. The first-order chi connectivity index (χ1) is 8.65. The van der Waals surface area contributed by atoms with Crippen LogP contribution in [0.25, 0.3) is 0 Å². The first-order valence-electron chi connectivity index (χ1n) is 5.79. The van der Waals surface area contributed by atoms with Gasteiger partial charge in [0.15, 0.2) is 6.10 Å². The maximum absolute atomic E-state index is 11.8. The molecule has 0 saturated carbocycles. The van der Waals surface area contributed by atoms with Gasteiger partial charge in [0.2, 0.25) is 5.91 Å². The molecule has 0 radical (unpaired) electrons. The number of nitrogens with one attached hydrogen (secondary N) is 1.